The second-order valence-electron chi connectivity index (χ2n) is 5.39. The Morgan fingerprint density at radius 1 is 1.00 bits per heavy atom. The molecule has 4 nitrogen and oxygen atoms in total. The highest BCUT2D eigenvalue weighted by Gasteiger charge is 2.20. The van der Waals surface area contributed by atoms with E-state index >= 15 is 0 Å². The number of furan rings is 1. The average Bonchev–Trinajstić information content (AvgIpc) is 3.08. The Morgan fingerprint density at radius 2 is 1.80 bits per heavy atom. The lowest BCUT2D eigenvalue weighted by molar-refractivity contribution is 0.101. The van der Waals surface area contributed by atoms with Crippen molar-refractivity contribution in [1.29, 1.82) is 0 Å². The standard InChI is InChI=1S/C20H12FNO3/c21-14-7-9-15(10-8-14)24-20-16(5-3-11-22-20)19(23)18-12-13-4-1-2-6-17(13)25-18/h1-12H. The van der Waals surface area contributed by atoms with Crippen molar-refractivity contribution < 1.29 is 18.3 Å². The van der Waals surface area contributed by atoms with Gasteiger partial charge < -0.3 is 9.15 Å². The van der Waals surface area contributed by atoms with Crippen molar-refractivity contribution in [1.82, 2.24) is 4.98 Å². The molecule has 4 rings (SSSR count). The number of para-hydroxylation sites is 1. The summed E-state index contributed by atoms with van der Waals surface area (Å²) in [6.07, 6.45) is 1.52. The Labute approximate surface area is 142 Å². The number of nitrogens with zero attached hydrogens (tertiary/aromatic N) is 1. The molecule has 0 bridgehead atoms. The van der Waals surface area contributed by atoms with Crippen LogP contribution in [0.3, 0.4) is 0 Å². The van der Waals surface area contributed by atoms with Gasteiger partial charge >= 0.3 is 0 Å². The summed E-state index contributed by atoms with van der Waals surface area (Å²) in [5.74, 6) is 0.0323. The lowest BCUT2D eigenvalue weighted by Crippen LogP contribution is -2.03. The summed E-state index contributed by atoms with van der Waals surface area (Å²) in [6.45, 7) is 0. The maximum Gasteiger partial charge on any atom is 0.233 e. The molecule has 2 aromatic heterocycles. The summed E-state index contributed by atoms with van der Waals surface area (Å²) in [7, 11) is 0. The van der Waals surface area contributed by atoms with Gasteiger partial charge in [-0.25, -0.2) is 9.37 Å². The first-order valence-electron chi connectivity index (χ1n) is 7.62. The average molecular weight is 333 g/mol. The van der Waals surface area contributed by atoms with Crippen molar-refractivity contribution in [2.45, 2.75) is 0 Å². The van der Waals surface area contributed by atoms with E-state index < -0.39 is 0 Å². The smallest absolute Gasteiger partial charge is 0.233 e. The minimum atomic E-state index is -0.369. The summed E-state index contributed by atoms with van der Waals surface area (Å²) in [5, 5.41) is 0.843. The fourth-order valence-corrected chi connectivity index (χ4v) is 2.49. The number of hydrogen-bond acceptors (Lipinski definition) is 4. The molecule has 2 aromatic carbocycles. The SMILES string of the molecule is O=C(c1cc2ccccc2o1)c1cccnc1Oc1ccc(F)cc1. The molecule has 0 aliphatic heterocycles. The monoisotopic (exact) mass is 333 g/mol. The summed E-state index contributed by atoms with van der Waals surface area (Å²) in [4.78, 5) is 16.9. The van der Waals surface area contributed by atoms with Crippen LogP contribution in [-0.2, 0) is 0 Å². The quantitative estimate of drug-likeness (QED) is 0.494. The molecule has 0 N–H and O–H groups in total. The molecule has 0 spiro atoms. The van der Waals surface area contributed by atoms with Gasteiger partial charge in [0.25, 0.3) is 0 Å². The minimum absolute atomic E-state index is 0.138. The van der Waals surface area contributed by atoms with E-state index in [1.54, 1.807) is 24.3 Å². The molecule has 0 aliphatic rings. The van der Waals surface area contributed by atoms with Gasteiger partial charge in [-0.15, -0.1) is 0 Å². The highest BCUT2D eigenvalue weighted by Crippen LogP contribution is 2.27. The molecule has 0 saturated carbocycles. The molecule has 5 heteroatoms. The minimum Gasteiger partial charge on any atom is -0.453 e. The molecule has 2 heterocycles. The number of halogens is 1. The van der Waals surface area contributed by atoms with Crippen LogP contribution < -0.4 is 4.74 Å². The van der Waals surface area contributed by atoms with Crippen LogP contribution >= 0.6 is 0 Å². The third-order valence-corrected chi connectivity index (χ3v) is 3.69. The van der Waals surface area contributed by atoms with E-state index in [4.69, 9.17) is 9.15 Å². The predicted molar refractivity (Wildman–Crippen MR) is 90.4 cm³/mol. The van der Waals surface area contributed by atoms with Crippen molar-refractivity contribution in [3.8, 4) is 11.6 Å². The second-order valence-corrected chi connectivity index (χ2v) is 5.39. The van der Waals surface area contributed by atoms with Crippen LogP contribution in [0.2, 0.25) is 0 Å². The van der Waals surface area contributed by atoms with Gasteiger partial charge in [0.2, 0.25) is 11.7 Å². The van der Waals surface area contributed by atoms with Crippen LogP contribution in [0.15, 0.2) is 77.3 Å². The Balaban J connectivity index is 1.70. The molecular formula is C20H12FNO3. The Kier molecular flexibility index (Phi) is 3.74. The second kappa shape index (κ2) is 6.20. The number of ketones is 1. The molecule has 0 unspecified atom stereocenters. The van der Waals surface area contributed by atoms with E-state index in [0.29, 0.717) is 11.3 Å². The molecule has 0 aliphatic carbocycles. The van der Waals surface area contributed by atoms with Crippen molar-refractivity contribution in [2.75, 3.05) is 0 Å². The largest absolute Gasteiger partial charge is 0.453 e. The van der Waals surface area contributed by atoms with Crippen LogP contribution in [0, 0.1) is 5.82 Å². The molecule has 25 heavy (non-hydrogen) atoms. The Bertz CT molecular complexity index is 1020. The number of carbonyl (C=O) groups excluding carboxylic acids is 1. The lowest BCUT2D eigenvalue weighted by atomic mass is 10.1. The summed E-state index contributed by atoms with van der Waals surface area (Å²) in [5.41, 5.74) is 0.904. The third kappa shape index (κ3) is 2.99. The molecule has 0 amide bonds. The van der Waals surface area contributed by atoms with Crippen LogP contribution in [0.25, 0.3) is 11.0 Å². The third-order valence-electron chi connectivity index (χ3n) is 3.69. The van der Waals surface area contributed by atoms with Crippen LogP contribution in [0.1, 0.15) is 16.1 Å². The number of pyridine rings is 1. The molecule has 0 fully saturated rings. The van der Waals surface area contributed by atoms with Gasteiger partial charge in [0, 0.05) is 11.6 Å². The highest BCUT2D eigenvalue weighted by molar-refractivity contribution is 6.10. The normalized spacial score (nSPS) is 10.8. The van der Waals surface area contributed by atoms with Crippen molar-refractivity contribution in [3.63, 3.8) is 0 Å². The molecule has 4 aromatic rings. The molecule has 0 atom stereocenters. The van der Waals surface area contributed by atoms with Gasteiger partial charge in [-0.1, -0.05) is 18.2 Å². The molecular weight excluding hydrogens is 321 g/mol. The fraction of sp³-hybridized carbons (Fsp3) is 0. The van der Waals surface area contributed by atoms with E-state index in [-0.39, 0.29) is 28.8 Å². The zero-order chi connectivity index (χ0) is 17.2. The van der Waals surface area contributed by atoms with Gasteiger partial charge in [-0.3, -0.25) is 4.79 Å². The maximum atomic E-state index is 13.0. The number of benzene rings is 2. The first kappa shape index (κ1) is 15.1. The van der Waals surface area contributed by atoms with Gasteiger partial charge in [-0.05, 0) is 48.5 Å². The highest BCUT2D eigenvalue weighted by atomic mass is 19.1. The first-order valence-corrected chi connectivity index (χ1v) is 7.62. The molecule has 122 valence electrons. The van der Waals surface area contributed by atoms with Gasteiger partial charge in [0.15, 0.2) is 5.76 Å². The zero-order valence-corrected chi connectivity index (χ0v) is 13.0. The number of carbonyl (C=O) groups is 1. The molecule has 0 saturated heterocycles. The number of ether oxygens (including phenoxy) is 1. The lowest BCUT2D eigenvalue weighted by Gasteiger charge is -2.08. The fourth-order valence-electron chi connectivity index (χ4n) is 2.49. The Hall–Kier alpha value is -3.47. The summed E-state index contributed by atoms with van der Waals surface area (Å²) < 4.78 is 24.3. The zero-order valence-electron chi connectivity index (χ0n) is 13.0. The number of fused-ring (bicyclic) bond motifs is 1. The summed E-state index contributed by atoms with van der Waals surface area (Å²) >= 11 is 0. The number of rotatable bonds is 4. The van der Waals surface area contributed by atoms with Gasteiger partial charge in [0.1, 0.15) is 17.1 Å². The van der Waals surface area contributed by atoms with Crippen LogP contribution in [0.4, 0.5) is 4.39 Å². The van der Waals surface area contributed by atoms with E-state index in [9.17, 15) is 9.18 Å². The van der Waals surface area contributed by atoms with Crippen LogP contribution in [0.5, 0.6) is 11.6 Å². The predicted octanol–water partition coefficient (Wildman–Crippen LogP) is 4.99. The van der Waals surface area contributed by atoms with Gasteiger partial charge in [-0.2, -0.15) is 0 Å². The summed E-state index contributed by atoms with van der Waals surface area (Å²) in [6, 6.07) is 17.8. The van der Waals surface area contributed by atoms with Gasteiger partial charge in [0.05, 0.1) is 5.56 Å². The van der Waals surface area contributed by atoms with E-state index in [1.165, 1.54) is 30.5 Å². The van der Waals surface area contributed by atoms with Crippen LogP contribution in [-0.4, -0.2) is 10.8 Å². The number of hydrogen-bond donors (Lipinski definition) is 0. The van der Waals surface area contributed by atoms with E-state index in [2.05, 4.69) is 4.98 Å². The maximum absolute atomic E-state index is 13.0. The van der Waals surface area contributed by atoms with Crippen molar-refractivity contribution >= 4 is 16.8 Å². The first-order chi connectivity index (χ1) is 12.2. The Morgan fingerprint density at radius 3 is 2.60 bits per heavy atom. The number of aromatic nitrogens is 1. The van der Waals surface area contributed by atoms with E-state index in [1.807, 2.05) is 18.2 Å². The topological polar surface area (TPSA) is 52.3 Å². The van der Waals surface area contributed by atoms with Crippen molar-refractivity contribution in [3.05, 3.63) is 90.1 Å². The van der Waals surface area contributed by atoms with Crippen molar-refractivity contribution in [2.24, 2.45) is 0 Å². The van der Waals surface area contributed by atoms with E-state index in [0.717, 1.165) is 5.39 Å². The molecule has 0 radical (unpaired) electrons.